The van der Waals surface area contributed by atoms with Crippen LogP contribution < -0.4 is 10.6 Å². The Morgan fingerprint density at radius 3 is 3.06 bits per heavy atom. The summed E-state index contributed by atoms with van der Waals surface area (Å²) >= 11 is 0. The number of azide groups is 1. The second-order valence-electron chi connectivity index (χ2n) is 3.61. The van der Waals surface area contributed by atoms with Crippen LogP contribution in [0.1, 0.15) is 25.7 Å². The summed E-state index contributed by atoms with van der Waals surface area (Å²) in [6.07, 6.45) is 2.52. The maximum absolute atomic E-state index is 11.5. The van der Waals surface area contributed by atoms with Gasteiger partial charge in [-0.05, 0) is 24.8 Å². The van der Waals surface area contributed by atoms with Gasteiger partial charge in [0.2, 0.25) is 11.8 Å². The molecule has 0 radical (unpaired) electrons. The van der Waals surface area contributed by atoms with E-state index >= 15 is 0 Å². The molecule has 7 nitrogen and oxygen atoms in total. The third-order valence-electron chi connectivity index (χ3n) is 2.36. The molecule has 1 fully saturated rings. The molecule has 0 spiro atoms. The smallest absolute Gasteiger partial charge is 0.242 e. The number of hydrogen-bond acceptors (Lipinski definition) is 3. The number of rotatable bonds is 6. The maximum atomic E-state index is 11.5. The molecular formula is C9H15N5O2. The van der Waals surface area contributed by atoms with Gasteiger partial charge >= 0.3 is 0 Å². The van der Waals surface area contributed by atoms with Crippen molar-refractivity contribution in [1.82, 2.24) is 10.6 Å². The van der Waals surface area contributed by atoms with E-state index in [0.29, 0.717) is 25.9 Å². The Morgan fingerprint density at radius 2 is 2.44 bits per heavy atom. The van der Waals surface area contributed by atoms with E-state index in [2.05, 4.69) is 20.7 Å². The monoisotopic (exact) mass is 225 g/mol. The number of nitrogens with one attached hydrogen (secondary N) is 2. The third-order valence-corrected chi connectivity index (χ3v) is 2.36. The molecule has 1 aliphatic rings. The quantitative estimate of drug-likeness (QED) is 0.296. The first-order valence-electron chi connectivity index (χ1n) is 5.32. The molecule has 1 atom stereocenters. The van der Waals surface area contributed by atoms with Crippen LogP contribution >= 0.6 is 0 Å². The first kappa shape index (κ1) is 12.3. The van der Waals surface area contributed by atoms with Crippen LogP contribution in [0.5, 0.6) is 0 Å². The molecule has 1 rings (SSSR count). The van der Waals surface area contributed by atoms with E-state index in [1.165, 1.54) is 0 Å². The first-order valence-corrected chi connectivity index (χ1v) is 5.32. The van der Waals surface area contributed by atoms with Crippen molar-refractivity contribution in [3.8, 4) is 0 Å². The van der Waals surface area contributed by atoms with Crippen molar-refractivity contribution in [3.63, 3.8) is 0 Å². The van der Waals surface area contributed by atoms with Crippen LogP contribution in [0.15, 0.2) is 5.11 Å². The lowest BCUT2D eigenvalue weighted by Crippen LogP contribution is -2.41. The van der Waals surface area contributed by atoms with Crippen LogP contribution in [0.25, 0.3) is 10.4 Å². The van der Waals surface area contributed by atoms with E-state index in [4.69, 9.17) is 5.53 Å². The van der Waals surface area contributed by atoms with Crippen molar-refractivity contribution >= 4 is 11.8 Å². The van der Waals surface area contributed by atoms with Gasteiger partial charge in [0, 0.05) is 24.4 Å². The van der Waals surface area contributed by atoms with Gasteiger partial charge < -0.3 is 10.6 Å². The lowest BCUT2D eigenvalue weighted by Gasteiger charge is -2.10. The minimum absolute atomic E-state index is 0.0662. The van der Waals surface area contributed by atoms with Gasteiger partial charge in [0.1, 0.15) is 6.04 Å². The van der Waals surface area contributed by atoms with Crippen molar-refractivity contribution in [2.75, 3.05) is 13.1 Å². The molecule has 0 aliphatic carbocycles. The normalized spacial score (nSPS) is 18.8. The fourth-order valence-corrected chi connectivity index (χ4v) is 1.50. The summed E-state index contributed by atoms with van der Waals surface area (Å²) in [4.78, 5) is 25.0. The van der Waals surface area contributed by atoms with E-state index in [1.54, 1.807) is 0 Å². The molecule has 0 bridgehead atoms. The third kappa shape index (κ3) is 4.18. The molecule has 0 saturated carbocycles. The Labute approximate surface area is 93.2 Å². The summed E-state index contributed by atoms with van der Waals surface area (Å²) in [6, 6.07) is -0.371. The summed E-state index contributed by atoms with van der Waals surface area (Å²) in [5, 5.41) is 8.72. The van der Waals surface area contributed by atoms with Crippen molar-refractivity contribution in [2.45, 2.75) is 31.7 Å². The molecule has 1 aliphatic heterocycles. The lowest BCUT2D eigenvalue weighted by atomic mass is 10.2. The minimum atomic E-state index is -0.371. The fourth-order valence-electron chi connectivity index (χ4n) is 1.50. The largest absolute Gasteiger partial charge is 0.354 e. The molecule has 16 heavy (non-hydrogen) atoms. The molecular weight excluding hydrogens is 210 g/mol. The summed E-state index contributed by atoms with van der Waals surface area (Å²) in [5.74, 6) is -0.196. The zero-order valence-corrected chi connectivity index (χ0v) is 8.98. The van der Waals surface area contributed by atoms with E-state index in [9.17, 15) is 9.59 Å². The Hall–Kier alpha value is -1.75. The van der Waals surface area contributed by atoms with E-state index in [1.807, 2.05) is 0 Å². The maximum Gasteiger partial charge on any atom is 0.242 e. The highest BCUT2D eigenvalue weighted by molar-refractivity contribution is 5.90. The molecule has 1 heterocycles. The number of nitrogens with zero attached hydrogens (tertiary/aromatic N) is 3. The van der Waals surface area contributed by atoms with Gasteiger partial charge in [0.05, 0.1) is 0 Å². The zero-order chi connectivity index (χ0) is 11.8. The first-order chi connectivity index (χ1) is 7.74. The van der Waals surface area contributed by atoms with Crippen LogP contribution in [-0.2, 0) is 9.59 Å². The second kappa shape index (κ2) is 6.68. The Bertz CT molecular complexity index is 311. The predicted octanol–water partition coefficient (Wildman–Crippen LogP) is 0.472. The molecule has 7 heteroatoms. The van der Waals surface area contributed by atoms with E-state index in [0.717, 1.165) is 12.8 Å². The predicted molar refractivity (Wildman–Crippen MR) is 57.4 cm³/mol. The molecule has 2 N–H and O–H groups in total. The average Bonchev–Trinajstić information content (AvgIpc) is 2.70. The lowest BCUT2D eigenvalue weighted by molar-refractivity contribution is -0.125. The van der Waals surface area contributed by atoms with E-state index in [-0.39, 0.29) is 17.9 Å². The second-order valence-corrected chi connectivity index (χ2v) is 3.61. The van der Waals surface area contributed by atoms with Crippen LogP contribution in [-0.4, -0.2) is 30.9 Å². The molecule has 0 unspecified atom stereocenters. The highest BCUT2D eigenvalue weighted by Gasteiger charge is 2.26. The Morgan fingerprint density at radius 1 is 1.62 bits per heavy atom. The summed E-state index contributed by atoms with van der Waals surface area (Å²) < 4.78 is 0. The van der Waals surface area contributed by atoms with Gasteiger partial charge in [-0.2, -0.15) is 0 Å². The molecule has 0 aromatic carbocycles. The van der Waals surface area contributed by atoms with Gasteiger partial charge in [-0.25, -0.2) is 0 Å². The standard InChI is InChI=1S/C9H15N5O2/c10-14-12-6-2-1-5-11-9(16)7-3-4-8(15)13-7/h7H,1-6H2,(H,11,16)(H,13,15)/t7-/m0/s1. The van der Waals surface area contributed by atoms with Crippen LogP contribution in [0.4, 0.5) is 0 Å². The Kier molecular flexibility index (Phi) is 5.15. The topological polar surface area (TPSA) is 107 Å². The molecule has 88 valence electrons. The van der Waals surface area contributed by atoms with Crippen molar-refractivity contribution in [1.29, 1.82) is 0 Å². The molecule has 0 aromatic rings. The number of hydrogen-bond donors (Lipinski definition) is 2. The van der Waals surface area contributed by atoms with Crippen molar-refractivity contribution < 1.29 is 9.59 Å². The van der Waals surface area contributed by atoms with Crippen molar-refractivity contribution in [2.24, 2.45) is 5.11 Å². The summed E-state index contributed by atoms with van der Waals surface area (Å²) in [5.41, 5.74) is 8.03. The number of carbonyl (C=O) groups is 2. The van der Waals surface area contributed by atoms with Gasteiger partial charge in [-0.15, -0.1) is 0 Å². The molecule has 0 aromatic heterocycles. The van der Waals surface area contributed by atoms with Crippen LogP contribution in [0, 0.1) is 0 Å². The highest BCUT2D eigenvalue weighted by Crippen LogP contribution is 2.06. The van der Waals surface area contributed by atoms with Gasteiger partial charge in [0.15, 0.2) is 0 Å². The highest BCUT2D eigenvalue weighted by atomic mass is 16.2. The summed E-state index contributed by atoms with van der Waals surface area (Å²) in [7, 11) is 0. The number of amides is 2. The van der Waals surface area contributed by atoms with E-state index < -0.39 is 0 Å². The SMILES string of the molecule is [N-]=[N+]=NCCCCNC(=O)[C@@H]1CCC(=O)N1. The van der Waals surface area contributed by atoms with Gasteiger partial charge in [0.25, 0.3) is 0 Å². The molecule has 1 saturated heterocycles. The summed E-state index contributed by atoms with van der Waals surface area (Å²) in [6.45, 7) is 0.999. The minimum Gasteiger partial charge on any atom is -0.354 e. The van der Waals surface area contributed by atoms with Crippen LogP contribution in [0.2, 0.25) is 0 Å². The zero-order valence-electron chi connectivity index (χ0n) is 8.98. The van der Waals surface area contributed by atoms with Gasteiger partial charge in [-0.1, -0.05) is 5.11 Å². The Balaban J connectivity index is 2.06. The van der Waals surface area contributed by atoms with Crippen molar-refractivity contribution in [3.05, 3.63) is 10.4 Å². The number of carbonyl (C=O) groups excluding carboxylic acids is 2. The van der Waals surface area contributed by atoms with Crippen LogP contribution in [0.3, 0.4) is 0 Å². The number of unbranched alkanes of at least 4 members (excludes halogenated alkanes) is 1. The fraction of sp³-hybridized carbons (Fsp3) is 0.778. The average molecular weight is 225 g/mol. The van der Waals surface area contributed by atoms with Gasteiger partial charge in [-0.3, -0.25) is 9.59 Å². The molecule has 2 amide bonds.